The minimum atomic E-state index is -0.689. The van der Waals surface area contributed by atoms with Gasteiger partial charge in [-0.3, -0.25) is 4.79 Å². The Kier molecular flexibility index (Phi) is 29.4. The first-order chi connectivity index (χ1) is 14.6. The van der Waals surface area contributed by atoms with E-state index in [9.17, 15) is 9.90 Å². The van der Waals surface area contributed by atoms with Gasteiger partial charge in [0.2, 0.25) is 0 Å². The summed E-state index contributed by atoms with van der Waals surface area (Å²) in [7, 11) is 0. The van der Waals surface area contributed by atoms with Gasteiger partial charge < -0.3 is 15.3 Å². The van der Waals surface area contributed by atoms with Crippen LogP contribution in [0.5, 0.6) is 0 Å². The number of aliphatic hydroxyl groups is 2. The predicted molar refractivity (Wildman–Crippen MR) is 129 cm³/mol. The lowest BCUT2D eigenvalue weighted by Crippen LogP contribution is -2.04. The van der Waals surface area contributed by atoms with Crippen LogP contribution in [0, 0.1) is 0 Å². The van der Waals surface area contributed by atoms with E-state index in [4.69, 9.17) is 10.2 Å². The van der Waals surface area contributed by atoms with Crippen LogP contribution >= 0.6 is 0 Å². The Morgan fingerprint density at radius 3 is 1.87 bits per heavy atom. The van der Waals surface area contributed by atoms with Crippen LogP contribution in [0.4, 0.5) is 0 Å². The summed E-state index contributed by atoms with van der Waals surface area (Å²) in [4.78, 5) is 10.3. The number of carbonyl (C=O) groups is 1. The second-order valence-electron chi connectivity index (χ2n) is 8.40. The maximum absolute atomic E-state index is 10.3. The van der Waals surface area contributed by atoms with Crippen LogP contribution in [-0.2, 0) is 4.79 Å². The normalized spacial score (nSPS) is 12.0. The first kappa shape index (κ1) is 31.3. The zero-order chi connectivity index (χ0) is 22.7. The molecule has 3 N–H and O–H groups in total. The summed E-state index contributed by atoms with van der Waals surface area (Å²) < 4.78 is 0. The molecule has 0 aliphatic heterocycles. The highest BCUT2D eigenvalue weighted by Gasteiger charge is 2.00. The van der Waals surface area contributed by atoms with Gasteiger partial charge in [-0.15, -0.1) is 0 Å². The molecule has 0 saturated carbocycles. The lowest BCUT2D eigenvalue weighted by Gasteiger charge is -2.07. The van der Waals surface area contributed by atoms with E-state index in [2.05, 4.69) is 26.0 Å². The first-order valence-electron chi connectivity index (χ1n) is 12.7. The van der Waals surface area contributed by atoms with E-state index in [1.165, 1.54) is 57.8 Å². The van der Waals surface area contributed by atoms with Crippen LogP contribution in [0.25, 0.3) is 0 Å². The fourth-order valence-corrected chi connectivity index (χ4v) is 3.26. The number of allylic oxidation sites excluding steroid dienone is 1. The summed E-state index contributed by atoms with van der Waals surface area (Å²) in [5, 5.41) is 26.7. The Balaban J connectivity index is 0. The fourth-order valence-electron chi connectivity index (χ4n) is 3.26. The molecule has 0 aromatic carbocycles. The summed E-state index contributed by atoms with van der Waals surface area (Å²) in [6.07, 6.45) is 24.9. The quantitative estimate of drug-likeness (QED) is 0.131. The van der Waals surface area contributed by atoms with Gasteiger partial charge in [-0.1, -0.05) is 103 Å². The maximum atomic E-state index is 10.3. The minimum absolute atomic E-state index is 0.172. The second-order valence-corrected chi connectivity index (χ2v) is 8.40. The number of aliphatic hydroxyl groups excluding tert-OH is 2. The molecule has 4 nitrogen and oxygen atoms in total. The second kappa shape index (κ2) is 28.1. The summed E-state index contributed by atoms with van der Waals surface area (Å²) in [6, 6.07) is 0. The Labute approximate surface area is 187 Å². The predicted octanol–water partition coefficient (Wildman–Crippen LogP) is 7.42. The number of hydrogen-bond acceptors (Lipinski definition) is 3. The van der Waals surface area contributed by atoms with Gasteiger partial charge in [-0.25, -0.2) is 0 Å². The summed E-state index contributed by atoms with van der Waals surface area (Å²) in [6.45, 7) is 4.78. The fraction of sp³-hybridized carbons (Fsp3) is 0.885. The molecule has 0 fully saturated rings. The van der Waals surface area contributed by atoms with Crippen molar-refractivity contribution >= 4 is 5.97 Å². The molecule has 0 heterocycles. The van der Waals surface area contributed by atoms with E-state index in [-0.39, 0.29) is 6.10 Å². The molecule has 1 unspecified atom stereocenters. The molecule has 0 bridgehead atoms. The summed E-state index contributed by atoms with van der Waals surface area (Å²) in [5.41, 5.74) is 0. The van der Waals surface area contributed by atoms with E-state index in [1.807, 2.05) is 0 Å². The van der Waals surface area contributed by atoms with Crippen LogP contribution in [0.3, 0.4) is 0 Å². The van der Waals surface area contributed by atoms with E-state index in [0.29, 0.717) is 13.0 Å². The summed E-state index contributed by atoms with van der Waals surface area (Å²) in [5.74, 6) is -0.689. The lowest BCUT2D eigenvalue weighted by atomic mass is 10.1. The van der Waals surface area contributed by atoms with Crippen LogP contribution in [0.15, 0.2) is 12.2 Å². The Hall–Kier alpha value is -0.870. The van der Waals surface area contributed by atoms with Crippen molar-refractivity contribution in [2.24, 2.45) is 0 Å². The third-order valence-electron chi connectivity index (χ3n) is 5.24. The third kappa shape index (κ3) is 31.8. The van der Waals surface area contributed by atoms with E-state index in [1.54, 1.807) is 0 Å². The third-order valence-corrected chi connectivity index (χ3v) is 5.24. The standard InChI is InChI=1S/C18H34O3.C8H18O/c1-2-3-4-11-14-17(19)15-12-9-7-5-6-8-10-13-16-18(20)21;1-2-3-4-5-6-7-8-9/h9,12,17,19H,2-8,10-11,13-16H2,1H3,(H,20,21);9H,2-8H2,1H3/b12-9-;. The van der Waals surface area contributed by atoms with Crippen molar-refractivity contribution < 1.29 is 20.1 Å². The molecular formula is C26H52O4. The van der Waals surface area contributed by atoms with Gasteiger partial charge in [0.25, 0.3) is 0 Å². The zero-order valence-corrected chi connectivity index (χ0v) is 20.1. The zero-order valence-electron chi connectivity index (χ0n) is 20.1. The topological polar surface area (TPSA) is 77.8 Å². The lowest BCUT2D eigenvalue weighted by molar-refractivity contribution is -0.137. The SMILES string of the molecule is CCCCCCC(O)C/C=C\CCCCCCCC(=O)O.CCCCCCCCO. The van der Waals surface area contributed by atoms with Gasteiger partial charge in [-0.05, 0) is 38.5 Å². The van der Waals surface area contributed by atoms with Crippen molar-refractivity contribution in [1.82, 2.24) is 0 Å². The molecule has 0 aliphatic rings. The first-order valence-corrected chi connectivity index (χ1v) is 12.7. The van der Waals surface area contributed by atoms with Gasteiger partial charge in [0, 0.05) is 13.0 Å². The molecule has 0 saturated heterocycles. The number of aliphatic carboxylic acids is 1. The van der Waals surface area contributed by atoms with Gasteiger partial charge in [0.15, 0.2) is 0 Å². The number of rotatable bonds is 21. The van der Waals surface area contributed by atoms with Crippen molar-refractivity contribution in [3.63, 3.8) is 0 Å². The number of carboxylic acids is 1. The molecule has 4 heteroatoms. The molecule has 180 valence electrons. The molecule has 0 aromatic rings. The number of unbranched alkanes of at least 4 members (excludes halogenated alkanes) is 13. The molecule has 0 spiro atoms. The number of carboxylic acid groups (broad SMARTS) is 1. The van der Waals surface area contributed by atoms with E-state index in [0.717, 1.165) is 57.8 Å². The maximum Gasteiger partial charge on any atom is 0.303 e. The molecule has 0 radical (unpaired) electrons. The average Bonchev–Trinajstić information content (AvgIpc) is 2.73. The van der Waals surface area contributed by atoms with Crippen molar-refractivity contribution in [2.45, 2.75) is 142 Å². The Bertz CT molecular complexity index is 349. The molecule has 1 atom stereocenters. The molecule has 0 aromatic heterocycles. The molecular weight excluding hydrogens is 376 g/mol. The molecule has 30 heavy (non-hydrogen) atoms. The van der Waals surface area contributed by atoms with Crippen LogP contribution in [-0.4, -0.2) is 34.0 Å². The Morgan fingerprint density at radius 2 is 1.27 bits per heavy atom. The van der Waals surface area contributed by atoms with Crippen molar-refractivity contribution in [3.8, 4) is 0 Å². The van der Waals surface area contributed by atoms with Gasteiger partial charge in [0.05, 0.1) is 6.10 Å². The largest absolute Gasteiger partial charge is 0.481 e. The average molecular weight is 429 g/mol. The molecule has 0 aliphatic carbocycles. The Morgan fingerprint density at radius 1 is 0.733 bits per heavy atom. The monoisotopic (exact) mass is 428 g/mol. The summed E-state index contributed by atoms with van der Waals surface area (Å²) >= 11 is 0. The highest BCUT2D eigenvalue weighted by Crippen LogP contribution is 2.10. The van der Waals surface area contributed by atoms with Crippen molar-refractivity contribution in [2.75, 3.05) is 6.61 Å². The highest BCUT2D eigenvalue weighted by molar-refractivity contribution is 5.66. The van der Waals surface area contributed by atoms with E-state index >= 15 is 0 Å². The van der Waals surface area contributed by atoms with Crippen LogP contribution < -0.4 is 0 Å². The van der Waals surface area contributed by atoms with Gasteiger partial charge in [0.1, 0.15) is 0 Å². The minimum Gasteiger partial charge on any atom is -0.481 e. The van der Waals surface area contributed by atoms with Gasteiger partial charge in [-0.2, -0.15) is 0 Å². The van der Waals surface area contributed by atoms with Gasteiger partial charge >= 0.3 is 5.97 Å². The van der Waals surface area contributed by atoms with Crippen LogP contribution in [0.1, 0.15) is 136 Å². The highest BCUT2D eigenvalue weighted by atomic mass is 16.4. The smallest absolute Gasteiger partial charge is 0.303 e. The van der Waals surface area contributed by atoms with E-state index < -0.39 is 5.97 Å². The van der Waals surface area contributed by atoms with Crippen LogP contribution in [0.2, 0.25) is 0 Å². The molecule has 0 rings (SSSR count). The molecule has 0 amide bonds. The number of hydrogen-bond donors (Lipinski definition) is 3. The van der Waals surface area contributed by atoms with Crippen molar-refractivity contribution in [1.29, 1.82) is 0 Å². The van der Waals surface area contributed by atoms with Crippen molar-refractivity contribution in [3.05, 3.63) is 12.2 Å².